The summed E-state index contributed by atoms with van der Waals surface area (Å²) in [5.41, 5.74) is 2.01. The lowest BCUT2D eigenvalue weighted by Crippen LogP contribution is -2.37. The Morgan fingerprint density at radius 1 is 0.826 bits per heavy atom. The summed E-state index contributed by atoms with van der Waals surface area (Å²) in [6.07, 6.45) is 0. The standard InChI is InChI=1S/C19H34NO2P/c1-17(2,3)14-11-15(18(4,5)6)13-16(12-14)23(21,22-10)20-19(7,8)9/h11-13H,1-10H3,(H,20,21). The zero-order valence-electron chi connectivity index (χ0n) is 16.5. The fraction of sp³-hybridized carbons (Fsp3) is 0.684. The van der Waals surface area contributed by atoms with Gasteiger partial charge in [-0.25, -0.2) is 5.09 Å². The van der Waals surface area contributed by atoms with Crippen molar-refractivity contribution in [2.45, 2.75) is 78.7 Å². The third-order valence-electron chi connectivity index (χ3n) is 3.73. The van der Waals surface area contributed by atoms with Crippen LogP contribution in [0.3, 0.4) is 0 Å². The molecule has 0 fully saturated rings. The Bertz CT molecular complexity index is 569. The first-order valence-corrected chi connectivity index (χ1v) is 9.83. The maximum atomic E-state index is 13.4. The summed E-state index contributed by atoms with van der Waals surface area (Å²) in [7, 11) is -1.60. The minimum absolute atomic E-state index is 0.0175. The van der Waals surface area contributed by atoms with Gasteiger partial charge in [0.15, 0.2) is 0 Å². The molecular weight excluding hydrogens is 305 g/mol. The van der Waals surface area contributed by atoms with Crippen molar-refractivity contribution >= 4 is 12.8 Å². The summed E-state index contributed by atoms with van der Waals surface area (Å²) < 4.78 is 18.9. The van der Waals surface area contributed by atoms with Crippen LogP contribution < -0.4 is 10.4 Å². The first-order valence-electron chi connectivity index (χ1n) is 8.20. The quantitative estimate of drug-likeness (QED) is 0.775. The second-order valence-electron chi connectivity index (χ2n) is 9.36. The minimum atomic E-state index is -3.12. The van der Waals surface area contributed by atoms with Crippen molar-refractivity contribution < 1.29 is 9.09 Å². The van der Waals surface area contributed by atoms with Gasteiger partial charge in [0.2, 0.25) is 0 Å². The van der Waals surface area contributed by atoms with E-state index in [1.807, 2.05) is 32.9 Å². The second kappa shape index (κ2) is 6.35. The van der Waals surface area contributed by atoms with Crippen molar-refractivity contribution in [3.63, 3.8) is 0 Å². The topological polar surface area (TPSA) is 38.3 Å². The van der Waals surface area contributed by atoms with E-state index in [-0.39, 0.29) is 16.4 Å². The maximum absolute atomic E-state index is 13.4. The molecule has 1 aromatic rings. The number of hydrogen-bond acceptors (Lipinski definition) is 2. The lowest BCUT2D eigenvalue weighted by Gasteiger charge is -2.31. The van der Waals surface area contributed by atoms with Crippen molar-refractivity contribution in [2.75, 3.05) is 7.11 Å². The zero-order valence-corrected chi connectivity index (χ0v) is 17.4. The predicted octanol–water partition coefficient (Wildman–Crippen LogP) is 5.13. The van der Waals surface area contributed by atoms with Crippen LogP contribution in [0.5, 0.6) is 0 Å². The van der Waals surface area contributed by atoms with E-state index in [9.17, 15) is 4.57 Å². The van der Waals surface area contributed by atoms with E-state index in [0.29, 0.717) is 0 Å². The Kier molecular flexibility index (Phi) is 5.64. The van der Waals surface area contributed by atoms with Crippen LogP contribution in [0.15, 0.2) is 18.2 Å². The van der Waals surface area contributed by atoms with Gasteiger partial charge in [0.25, 0.3) is 7.52 Å². The van der Waals surface area contributed by atoms with Crippen LogP contribution in [-0.4, -0.2) is 12.6 Å². The Balaban J connectivity index is 3.59. The van der Waals surface area contributed by atoms with Gasteiger partial charge in [0.1, 0.15) is 0 Å². The summed E-state index contributed by atoms with van der Waals surface area (Å²) >= 11 is 0. The monoisotopic (exact) mass is 339 g/mol. The SMILES string of the molecule is COP(=O)(NC(C)(C)C)c1cc(C(C)(C)C)cc(C(C)(C)C)c1. The van der Waals surface area contributed by atoms with Gasteiger partial charge >= 0.3 is 0 Å². The van der Waals surface area contributed by atoms with Crippen molar-refractivity contribution in [1.29, 1.82) is 0 Å². The van der Waals surface area contributed by atoms with Gasteiger partial charge in [0.05, 0.1) is 5.30 Å². The number of rotatable bonds is 3. The molecule has 1 atom stereocenters. The Morgan fingerprint density at radius 3 is 1.48 bits per heavy atom. The molecule has 23 heavy (non-hydrogen) atoms. The molecule has 1 N–H and O–H groups in total. The highest BCUT2D eigenvalue weighted by molar-refractivity contribution is 7.65. The van der Waals surface area contributed by atoms with E-state index >= 15 is 0 Å². The summed E-state index contributed by atoms with van der Waals surface area (Å²) in [5, 5.41) is 3.93. The van der Waals surface area contributed by atoms with Crippen LogP contribution >= 0.6 is 7.52 Å². The van der Waals surface area contributed by atoms with E-state index in [1.165, 1.54) is 18.2 Å². The minimum Gasteiger partial charge on any atom is -0.318 e. The Morgan fingerprint density at radius 2 is 1.22 bits per heavy atom. The third-order valence-corrected chi connectivity index (χ3v) is 6.15. The second-order valence-corrected chi connectivity index (χ2v) is 11.6. The van der Waals surface area contributed by atoms with Crippen LogP contribution in [0, 0.1) is 0 Å². The average Bonchev–Trinajstić information content (AvgIpc) is 2.34. The van der Waals surface area contributed by atoms with Gasteiger partial charge < -0.3 is 4.52 Å². The number of benzene rings is 1. The molecule has 0 bridgehead atoms. The van der Waals surface area contributed by atoms with E-state index < -0.39 is 7.52 Å². The molecule has 3 nitrogen and oxygen atoms in total. The average molecular weight is 339 g/mol. The first-order chi connectivity index (χ1) is 10.1. The van der Waals surface area contributed by atoms with E-state index in [2.05, 4.69) is 52.7 Å². The highest BCUT2D eigenvalue weighted by Gasteiger charge is 2.32. The molecule has 0 aliphatic heterocycles. The molecule has 0 radical (unpaired) electrons. The number of hydrogen-bond donors (Lipinski definition) is 1. The van der Waals surface area contributed by atoms with Crippen molar-refractivity contribution in [2.24, 2.45) is 0 Å². The third kappa shape index (κ3) is 5.45. The fourth-order valence-corrected chi connectivity index (χ4v) is 4.24. The summed E-state index contributed by atoms with van der Waals surface area (Å²) in [6, 6.07) is 6.27. The molecule has 132 valence electrons. The maximum Gasteiger partial charge on any atom is 0.299 e. The molecule has 1 rings (SSSR count). The van der Waals surface area contributed by atoms with Gasteiger partial charge in [-0.05, 0) is 54.9 Å². The molecule has 4 heteroatoms. The molecular formula is C19H34NO2P. The van der Waals surface area contributed by atoms with E-state index in [0.717, 1.165) is 5.30 Å². The Labute approximate surface area is 142 Å². The fourth-order valence-electron chi connectivity index (χ4n) is 2.30. The van der Waals surface area contributed by atoms with Crippen LogP contribution in [-0.2, 0) is 19.9 Å². The summed E-state index contributed by atoms with van der Waals surface area (Å²) in [5.74, 6) is 0. The lowest BCUT2D eigenvalue weighted by molar-refractivity contribution is 0.369. The molecule has 0 spiro atoms. The van der Waals surface area contributed by atoms with Gasteiger partial charge in [-0.2, -0.15) is 0 Å². The van der Waals surface area contributed by atoms with Crippen LogP contribution in [0.25, 0.3) is 0 Å². The smallest absolute Gasteiger partial charge is 0.299 e. The molecule has 1 unspecified atom stereocenters. The van der Waals surface area contributed by atoms with Crippen LogP contribution in [0.2, 0.25) is 0 Å². The lowest BCUT2D eigenvalue weighted by atomic mass is 9.81. The van der Waals surface area contributed by atoms with Gasteiger partial charge in [-0.15, -0.1) is 0 Å². The highest BCUT2D eigenvalue weighted by atomic mass is 31.2. The molecule has 1 aromatic carbocycles. The van der Waals surface area contributed by atoms with Crippen LogP contribution in [0.1, 0.15) is 73.4 Å². The first kappa shape index (κ1) is 20.4. The van der Waals surface area contributed by atoms with Crippen LogP contribution in [0.4, 0.5) is 0 Å². The van der Waals surface area contributed by atoms with Gasteiger partial charge in [-0.1, -0.05) is 47.6 Å². The summed E-state index contributed by atoms with van der Waals surface area (Å²) in [6.45, 7) is 19.0. The summed E-state index contributed by atoms with van der Waals surface area (Å²) in [4.78, 5) is 0. The molecule has 0 aromatic heterocycles. The molecule has 0 aliphatic rings. The van der Waals surface area contributed by atoms with Gasteiger partial charge in [0, 0.05) is 12.6 Å². The molecule has 0 amide bonds. The van der Waals surface area contributed by atoms with Crippen molar-refractivity contribution in [3.05, 3.63) is 29.3 Å². The Hall–Kier alpha value is -0.630. The number of nitrogens with one attached hydrogen (secondary N) is 1. The molecule has 0 aliphatic carbocycles. The van der Waals surface area contributed by atoms with Gasteiger partial charge in [-0.3, -0.25) is 4.57 Å². The highest BCUT2D eigenvalue weighted by Crippen LogP contribution is 2.44. The molecule has 0 saturated carbocycles. The normalized spacial score (nSPS) is 16.3. The van der Waals surface area contributed by atoms with E-state index in [1.54, 1.807) is 0 Å². The largest absolute Gasteiger partial charge is 0.318 e. The molecule has 0 heterocycles. The predicted molar refractivity (Wildman–Crippen MR) is 101 cm³/mol. The molecule has 0 saturated heterocycles. The van der Waals surface area contributed by atoms with E-state index in [4.69, 9.17) is 4.52 Å². The van der Waals surface area contributed by atoms with Crippen molar-refractivity contribution in [3.8, 4) is 0 Å². The zero-order chi connectivity index (χ0) is 18.3. The van der Waals surface area contributed by atoms with Crippen molar-refractivity contribution in [1.82, 2.24) is 5.09 Å².